The van der Waals surface area contributed by atoms with Gasteiger partial charge in [0.15, 0.2) is 0 Å². The summed E-state index contributed by atoms with van der Waals surface area (Å²) in [6, 6.07) is 6.83. The molecule has 0 heterocycles. The summed E-state index contributed by atoms with van der Waals surface area (Å²) in [5, 5.41) is 9.18. The maximum Gasteiger partial charge on any atom is 0.347 e. The van der Waals surface area contributed by atoms with Crippen LogP contribution >= 0.6 is 0 Å². The second kappa shape index (κ2) is 7.14. The number of rotatable bonds is 7. The van der Waals surface area contributed by atoms with E-state index in [1.54, 1.807) is 31.4 Å². The minimum Gasteiger partial charge on any atom is -0.497 e. The summed E-state index contributed by atoms with van der Waals surface area (Å²) < 4.78 is 16.1. The zero-order chi connectivity index (χ0) is 14.4. The van der Waals surface area contributed by atoms with Gasteiger partial charge in [-0.1, -0.05) is 12.8 Å². The largest absolute Gasteiger partial charge is 0.497 e. The third-order valence-electron chi connectivity index (χ3n) is 3.40. The molecule has 110 valence electrons. The van der Waals surface area contributed by atoms with E-state index in [0.717, 1.165) is 25.7 Å². The number of ether oxygens (including phenoxy) is 3. The maximum absolute atomic E-state index is 11.2. The van der Waals surface area contributed by atoms with E-state index in [-0.39, 0.29) is 12.7 Å². The van der Waals surface area contributed by atoms with Crippen molar-refractivity contribution in [1.82, 2.24) is 0 Å². The Morgan fingerprint density at radius 3 is 2.40 bits per heavy atom. The molecule has 5 nitrogen and oxygen atoms in total. The standard InChI is InChI=1S/C15H20O5/c1-18-11-6-8-13(9-7-11)20-14(15(16)17)10-19-12-4-2-3-5-12/h6-9,12,14H,2-5,10H2,1H3,(H,16,17)/t14-/m1/s1. The van der Waals surface area contributed by atoms with Crippen LogP contribution in [0.4, 0.5) is 0 Å². The number of hydrogen-bond acceptors (Lipinski definition) is 4. The summed E-state index contributed by atoms with van der Waals surface area (Å²) in [7, 11) is 1.57. The van der Waals surface area contributed by atoms with E-state index >= 15 is 0 Å². The molecule has 0 aliphatic heterocycles. The van der Waals surface area contributed by atoms with E-state index in [1.165, 1.54) is 0 Å². The predicted octanol–water partition coefficient (Wildman–Crippen LogP) is 2.49. The number of benzene rings is 1. The van der Waals surface area contributed by atoms with Gasteiger partial charge >= 0.3 is 5.97 Å². The van der Waals surface area contributed by atoms with E-state index in [0.29, 0.717) is 11.5 Å². The smallest absolute Gasteiger partial charge is 0.347 e. The number of carboxylic acids is 1. The molecule has 20 heavy (non-hydrogen) atoms. The zero-order valence-electron chi connectivity index (χ0n) is 11.6. The van der Waals surface area contributed by atoms with Crippen molar-refractivity contribution in [2.75, 3.05) is 13.7 Å². The van der Waals surface area contributed by atoms with Crippen LogP contribution in [0.2, 0.25) is 0 Å². The summed E-state index contributed by atoms with van der Waals surface area (Å²) in [5.41, 5.74) is 0. The first-order valence-corrected chi connectivity index (χ1v) is 6.84. The average Bonchev–Trinajstić information content (AvgIpc) is 2.97. The fourth-order valence-electron chi connectivity index (χ4n) is 2.25. The van der Waals surface area contributed by atoms with Gasteiger partial charge in [-0.15, -0.1) is 0 Å². The van der Waals surface area contributed by atoms with Crippen LogP contribution in [0, 0.1) is 0 Å². The van der Waals surface area contributed by atoms with Crippen LogP contribution in [0.5, 0.6) is 11.5 Å². The third kappa shape index (κ3) is 4.13. The summed E-state index contributed by atoms with van der Waals surface area (Å²) in [6.07, 6.45) is 3.52. The van der Waals surface area contributed by atoms with Crippen molar-refractivity contribution < 1.29 is 24.1 Å². The Morgan fingerprint density at radius 1 is 1.25 bits per heavy atom. The number of carboxylic acid groups (broad SMARTS) is 1. The van der Waals surface area contributed by atoms with Gasteiger partial charge < -0.3 is 19.3 Å². The highest BCUT2D eigenvalue weighted by Crippen LogP contribution is 2.22. The lowest BCUT2D eigenvalue weighted by atomic mass is 10.3. The molecule has 0 spiro atoms. The molecule has 0 saturated heterocycles. The monoisotopic (exact) mass is 280 g/mol. The van der Waals surface area contributed by atoms with Crippen LogP contribution in [0.3, 0.4) is 0 Å². The van der Waals surface area contributed by atoms with Gasteiger partial charge in [0.1, 0.15) is 11.5 Å². The molecular formula is C15H20O5. The second-order valence-corrected chi connectivity index (χ2v) is 4.86. The molecule has 0 aromatic heterocycles. The summed E-state index contributed by atoms with van der Waals surface area (Å²) in [6.45, 7) is 0.0754. The van der Waals surface area contributed by atoms with Crippen molar-refractivity contribution in [3.63, 3.8) is 0 Å². The lowest BCUT2D eigenvalue weighted by Crippen LogP contribution is -2.33. The van der Waals surface area contributed by atoms with Crippen LogP contribution in [-0.2, 0) is 9.53 Å². The molecule has 2 rings (SSSR count). The van der Waals surface area contributed by atoms with Gasteiger partial charge in [-0.05, 0) is 37.1 Å². The third-order valence-corrected chi connectivity index (χ3v) is 3.40. The van der Waals surface area contributed by atoms with Crippen molar-refractivity contribution in [2.24, 2.45) is 0 Å². The van der Waals surface area contributed by atoms with Crippen molar-refractivity contribution in [1.29, 1.82) is 0 Å². The van der Waals surface area contributed by atoms with Gasteiger partial charge in [-0.2, -0.15) is 0 Å². The summed E-state index contributed by atoms with van der Waals surface area (Å²) in [4.78, 5) is 11.2. The molecule has 1 fully saturated rings. The van der Waals surface area contributed by atoms with E-state index in [2.05, 4.69) is 0 Å². The van der Waals surface area contributed by atoms with Crippen LogP contribution in [0.25, 0.3) is 0 Å². The van der Waals surface area contributed by atoms with Gasteiger partial charge in [0.05, 0.1) is 19.8 Å². The number of aliphatic carboxylic acids is 1. The van der Waals surface area contributed by atoms with Crippen LogP contribution in [0.1, 0.15) is 25.7 Å². The van der Waals surface area contributed by atoms with Gasteiger partial charge in [-0.3, -0.25) is 0 Å². The molecule has 0 radical (unpaired) electrons. The molecule has 0 amide bonds. The van der Waals surface area contributed by atoms with Crippen molar-refractivity contribution in [2.45, 2.75) is 37.9 Å². The Balaban J connectivity index is 1.88. The van der Waals surface area contributed by atoms with Gasteiger partial charge in [-0.25, -0.2) is 4.79 Å². The normalized spacial score (nSPS) is 16.9. The van der Waals surface area contributed by atoms with Crippen LogP contribution in [-0.4, -0.2) is 37.0 Å². The summed E-state index contributed by atoms with van der Waals surface area (Å²) >= 11 is 0. The minimum absolute atomic E-state index is 0.0754. The lowest BCUT2D eigenvalue weighted by molar-refractivity contribution is -0.149. The molecule has 1 aliphatic carbocycles. The second-order valence-electron chi connectivity index (χ2n) is 4.86. The van der Waals surface area contributed by atoms with Gasteiger partial charge in [0.2, 0.25) is 6.10 Å². The highest BCUT2D eigenvalue weighted by molar-refractivity contribution is 5.72. The Morgan fingerprint density at radius 2 is 1.85 bits per heavy atom. The Bertz CT molecular complexity index is 422. The average molecular weight is 280 g/mol. The molecule has 1 saturated carbocycles. The van der Waals surface area contributed by atoms with E-state index in [1.807, 2.05) is 0 Å². The van der Waals surface area contributed by atoms with Crippen molar-refractivity contribution in [3.05, 3.63) is 24.3 Å². The van der Waals surface area contributed by atoms with E-state index in [4.69, 9.17) is 14.2 Å². The topological polar surface area (TPSA) is 65.0 Å². The molecule has 0 bridgehead atoms. The van der Waals surface area contributed by atoms with Crippen LogP contribution in [0.15, 0.2) is 24.3 Å². The van der Waals surface area contributed by atoms with Gasteiger partial charge in [0.25, 0.3) is 0 Å². The molecule has 0 unspecified atom stereocenters. The fraction of sp³-hybridized carbons (Fsp3) is 0.533. The molecule has 1 N–H and O–H groups in total. The molecular weight excluding hydrogens is 260 g/mol. The highest BCUT2D eigenvalue weighted by atomic mass is 16.6. The SMILES string of the molecule is COc1ccc(O[C@H](COC2CCCC2)C(=O)O)cc1. The molecule has 1 aromatic rings. The van der Waals surface area contributed by atoms with E-state index < -0.39 is 12.1 Å². The molecule has 1 aliphatic rings. The lowest BCUT2D eigenvalue weighted by Gasteiger charge is -2.18. The van der Waals surface area contributed by atoms with Crippen LogP contribution < -0.4 is 9.47 Å². The summed E-state index contributed by atoms with van der Waals surface area (Å²) in [5.74, 6) is 0.179. The minimum atomic E-state index is -1.01. The highest BCUT2D eigenvalue weighted by Gasteiger charge is 2.23. The zero-order valence-corrected chi connectivity index (χ0v) is 11.6. The number of hydrogen-bond donors (Lipinski definition) is 1. The molecule has 1 aromatic carbocycles. The fourth-order valence-corrected chi connectivity index (χ4v) is 2.25. The number of methoxy groups -OCH3 is 1. The Hall–Kier alpha value is -1.75. The molecule has 5 heteroatoms. The van der Waals surface area contributed by atoms with Crippen molar-refractivity contribution >= 4 is 5.97 Å². The van der Waals surface area contributed by atoms with Crippen molar-refractivity contribution in [3.8, 4) is 11.5 Å². The van der Waals surface area contributed by atoms with E-state index in [9.17, 15) is 9.90 Å². The molecule has 1 atom stereocenters. The first-order valence-electron chi connectivity index (χ1n) is 6.84. The first kappa shape index (κ1) is 14.7. The Labute approximate surface area is 118 Å². The first-order chi connectivity index (χ1) is 9.69. The number of carbonyl (C=O) groups is 1. The Kier molecular flexibility index (Phi) is 5.24. The quantitative estimate of drug-likeness (QED) is 0.831. The predicted molar refractivity (Wildman–Crippen MR) is 73.3 cm³/mol. The van der Waals surface area contributed by atoms with Gasteiger partial charge in [0, 0.05) is 0 Å². The maximum atomic E-state index is 11.2.